The van der Waals surface area contributed by atoms with Gasteiger partial charge in [-0.15, -0.1) is 0 Å². The maximum absolute atomic E-state index is 13.9. The fourth-order valence-electron chi connectivity index (χ4n) is 4.76. The minimum Gasteiger partial charge on any atom is -0.384 e. The molecule has 0 saturated carbocycles. The maximum Gasteiger partial charge on any atom is 0.416 e. The zero-order valence-electron chi connectivity index (χ0n) is 28.0. The Morgan fingerprint density at radius 2 is 1.66 bits per heavy atom. The third-order valence-corrected chi connectivity index (χ3v) is 7.16. The molecule has 2 aromatic carbocycles. The van der Waals surface area contributed by atoms with Crippen molar-refractivity contribution in [3.05, 3.63) is 99.8 Å². The van der Waals surface area contributed by atoms with Crippen LogP contribution in [-0.4, -0.2) is 12.5 Å². The van der Waals surface area contributed by atoms with Crippen LogP contribution >= 0.6 is 0 Å². The Bertz CT molecular complexity index is 1410. The number of allylic oxidation sites excluding steroid dienone is 5. The number of halogens is 3. The van der Waals surface area contributed by atoms with Crippen LogP contribution in [0.4, 0.5) is 24.5 Å². The summed E-state index contributed by atoms with van der Waals surface area (Å²) in [7, 11) is 0. The smallest absolute Gasteiger partial charge is 0.384 e. The molecule has 0 spiro atoms. The Balaban J connectivity index is 2.50. The van der Waals surface area contributed by atoms with E-state index in [4.69, 9.17) is 0 Å². The molecule has 0 radical (unpaired) electrons. The van der Waals surface area contributed by atoms with Crippen molar-refractivity contribution in [3.63, 3.8) is 0 Å². The molecule has 0 aliphatic heterocycles. The normalized spacial score (nSPS) is 13.6. The molecular formula is C37H50F3N3O. The lowest BCUT2D eigenvalue weighted by Gasteiger charge is -2.22. The van der Waals surface area contributed by atoms with Gasteiger partial charge in [-0.3, -0.25) is 4.79 Å². The predicted molar refractivity (Wildman–Crippen MR) is 180 cm³/mol. The van der Waals surface area contributed by atoms with Gasteiger partial charge >= 0.3 is 6.18 Å². The van der Waals surface area contributed by atoms with Crippen molar-refractivity contribution < 1.29 is 18.0 Å². The largest absolute Gasteiger partial charge is 0.416 e. The summed E-state index contributed by atoms with van der Waals surface area (Å²) in [6.45, 7) is 20.7. The van der Waals surface area contributed by atoms with E-state index in [2.05, 4.69) is 69.6 Å². The monoisotopic (exact) mass is 609 g/mol. The lowest BCUT2D eigenvalue weighted by atomic mass is 9.94. The highest BCUT2D eigenvalue weighted by molar-refractivity contribution is 6.07. The second-order valence-electron chi connectivity index (χ2n) is 12.2. The van der Waals surface area contributed by atoms with E-state index < -0.39 is 11.7 Å². The van der Waals surface area contributed by atoms with Crippen molar-refractivity contribution in [3.8, 4) is 0 Å². The predicted octanol–water partition coefficient (Wildman–Crippen LogP) is 10.4. The summed E-state index contributed by atoms with van der Waals surface area (Å²) in [6, 6.07) is 9.77. The molecule has 3 N–H and O–H groups in total. The first-order valence-electron chi connectivity index (χ1n) is 15.5. The van der Waals surface area contributed by atoms with Crippen molar-refractivity contribution in [2.24, 2.45) is 17.8 Å². The van der Waals surface area contributed by atoms with Gasteiger partial charge in [0.1, 0.15) is 0 Å². The number of aryl methyl sites for hydroxylation is 1. The highest BCUT2D eigenvalue weighted by Gasteiger charge is 2.33. The summed E-state index contributed by atoms with van der Waals surface area (Å²) in [4.78, 5) is 13.9. The zero-order chi connectivity index (χ0) is 33.2. The van der Waals surface area contributed by atoms with Gasteiger partial charge in [-0.2, -0.15) is 13.2 Å². The van der Waals surface area contributed by atoms with Gasteiger partial charge in [0.05, 0.1) is 16.8 Å². The van der Waals surface area contributed by atoms with Crippen LogP contribution in [-0.2, 0) is 11.0 Å². The first-order valence-corrected chi connectivity index (χ1v) is 15.5. The lowest BCUT2D eigenvalue weighted by molar-refractivity contribution is -0.138. The Hall–Kier alpha value is -3.74. The molecule has 0 aliphatic rings. The van der Waals surface area contributed by atoms with Gasteiger partial charge in [0, 0.05) is 29.2 Å². The average molecular weight is 610 g/mol. The summed E-state index contributed by atoms with van der Waals surface area (Å²) >= 11 is 0. The van der Waals surface area contributed by atoms with Crippen molar-refractivity contribution in [2.75, 3.05) is 17.2 Å². The molecule has 2 aromatic rings. The first kappa shape index (κ1) is 36.5. The summed E-state index contributed by atoms with van der Waals surface area (Å²) in [5, 5.41) is 9.96. The van der Waals surface area contributed by atoms with Crippen molar-refractivity contribution in [2.45, 2.75) is 81.8 Å². The van der Waals surface area contributed by atoms with E-state index in [1.54, 1.807) is 6.07 Å². The number of amides is 1. The molecule has 0 atom stereocenters. The third kappa shape index (κ3) is 10.2. The van der Waals surface area contributed by atoms with E-state index in [0.717, 1.165) is 22.9 Å². The van der Waals surface area contributed by atoms with Gasteiger partial charge in [-0.05, 0) is 79.8 Å². The number of carbonyl (C=O) groups is 1. The van der Waals surface area contributed by atoms with E-state index in [1.807, 2.05) is 51.1 Å². The maximum atomic E-state index is 13.9. The molecule has 240 valence electrons. The van der Waals surface area contributed by atoms with Crippen LogP contribution in [0.1, 0.15) is 84.1 Å². The van der Waals surface area contributed by atoms with E-state index >= 15 is 0 Å². The Labute approximate surface area is 262 Å². The highest BCUT2D eigenvalue weighted by Crippen LogP contribution is 2.35. The van der Waals surface area contributed by atoms with E-state index in [0.29, 0.717) is 53.0 Å². The molecule has 0 saturated heterocycles. The van der Waals surface area contributed by atoms with Crippen molar-refractivity contribution in [1.82, 2.24) is 5.32 Å². The lowest BCUT2D eigenvalue weighted by Crippen LogP contribution is -2.28. The Kier molecular flexibility index (Phi) is 13.6. The molecule has 0 heterocycles. The quantitative estimate of drug-likeness (QED) is 0.156. The molecule has 0 unspecified atom stereocenters. The molecule has 0 aromatic heterocycles. The molecule has 44 heavy (non-hydrogen) atoms. The number of rotatable bonds is 13. The molecule has 0 aliphatic carbocycles. The Morgan fingerprint density at radius 1 is 0.977 bits per heavy atom. The topological polar surface area (TPSA) is 53.2 Å². The molecule has 0 bridgehead atoms. The summed E-state index contributed by atoms with van der Waals surface area (Å²) < 4.78 is 40.9. The van der Waals surface area contributed by atoms with Crippen LogP contribution in [0, 0.1) is 31.6 Å². The second kappa shape index (κ2) is 16.4. The number of benzene rings is 2. The number of carbonyl (C=O) groups excluding carboxylic acids is 1. The minimum atomic E-state index is -4.44. The fraction of sp³-hybridized carbons (Fsp3) is 0.432. The summed E-state index contributed by atoms with van der Waals surface area (Å²) in [5.41, 5.74) is 5.10. The number of nitrogens with one attached hydrogen (secondary N) is 3. The summed E-state index contributed by atoms with van der Waals surface area (Å²) in [5.74, 6) is 0.680. The SMILES string of the molecule is C\C=C(C(=O)Nc1cc(NC(=CCC)c2cccc(C(F)(F)F)c2C)ccc1C)/C(NCC(C)C)=C(/C=C\C(C)C)C(C)C. The van der Waals surface area contributed by atoms with Gasteiger partial charge in [-0.1, -0.05) is 91.0 Å². The molecule has 2 rings (SSSR count). The minimum absolute atomic E-state index is 0.159. The van der Waals surface area contributed by atoms with Crippen LogP contribution in [0.25, 0.3) is 5.70 Å². The van der Waals surface area contributed by atoms with E-state index in [-0.39, 0.29) is 17.4 Å². The van der Waals surface area contributed by atoms with Crippen molar-refractivity contribution in [1.29, 1.82) is 0 Å². The molecule has 0 fully saturated rings. The molecule has 1 amide bonds. The Morgan fingerprint density at radius 3 is 2.20 bits per heavy atom. The van der Waals surface area contributed by atoms with Crippen LogP contribution in [0.15, 0.2) is 77.5 Å². The molecule has 7 heteroatoms. The first-order chi connectivity index (χ1) is 20.6. The molecule has 4 nitrogen and oxygen atoms in total. The van der Waals surface area contributed by atoms with E-state index in [9.17, 15) is 18.0 Å². The fourth-order valence-corrected chi connectivity index (χ4v) is 4.76. The zero-order valence-corrected chi connectivity index (χ0v) is 28.0. The summed E-state index contributed by atoms with van der Waals surface area (Å²) in [6.07, 6.45) is 4.14. The number of anilines is 2. The number of hydrogen-bond acceptors (Lipinski definition) is 3. The van der Waals surface area contributed by atoms with Gasteiger partial charge in [-0.25, -0.2) is 0 Å². The van der Waals surface area contributed by atoms with Crippen LogP contribution < -0.4 is 16.0 Å². The second-order valence-corrected chi connectivity index (χ2v) is 12.2. The van der Waals surface area contributed by atoms with Gasteiger partial charge < -0.3 is 16.0 Å². The highest BCUT2D eigenvalue weighted by atomic mass is 19.4. The van der Waals surface area contributed by atoms with Crippen LogP contribution in [0.3, 0.4) is 0 Å². The van der Waals surface area contributed by atoms with Crippen molar-refractivity contribution >= 4 is 23.0 Å². The van der Waals surface area contributed by atoms with Crippen LogP contribution in [0.5, 0.6) is 0 Å². The third-order valence-electron chi connectivity index (χ3n) is 7.16. The van der Waals surface area contributed by atoms with E-state index in [1.165, 1.54) is 13.0 Å². The van der Waals surface area contributed by atoms with Gasteiger partial charge in [0.2, 0.25) is 0 Å². The molecular weight excluding hydrogens is 559 g/mol. The number of alkyl halides is 3. The van der Waals surface area contributed by atoms with Gasteiger partial charge in [0.15, 0.2) is 0 Å². The average Bonchev–Trinajstić information content (AvgIpc) is 2.92. The van der Waals surface area contributed by atoms with Crippen LogP contribution in [0.2, 0.25) is 0 Å². The van der Waals surface area contributed by atoms with Gasteiger partial charge in [0.25, 0.3) is 5.91 Å². The number of hydrogen-bond donors (Lipinski definition) is 3. The standard InChI is InChI=1S/C37H50F3N3O/c1-11-14-33(31-15-13-16-32(27(31)10)37(38,39)40)42-28-19-18-26(9)34(21-28)43-36(44)29(12-2)35(41-22-24(5)6)30(25(7)8)20-17-23(3)4/h12-21,23-25,41-42H,11,22H2,1-10H3,(H,43,44)/b20-17-,29-12+,33-14?,35-30+.